The zero-order chi connectivity index (χ0) is 13.8. The summed E-state index contributed by atoms with van der Waals surface area (Å²) in [7, 11) is 0. The van der Waals surface area contributed by atoms with E-state index in [9.17, 15) is 4.79 Å². The number of benzene rings is 1. The Kier molecular flexibility index (Phi) is 5.32. The molecule has 0 bridgehead atoms. The zero-order valence-corrected chi connectivity index (χ0v) is 11.8. The second kappa shape index (κ2) is 6.32. The monoisotopic (exact) mass is 308 g/mol. The van der Waals surface area contributed by atoms with Crippen LogP contribution < -0.4 is 4.74 Å². The van der Waals surface area contributed by atoms with Crippen LogP contribution in [0.3, 0.4) is 0 Å². The first-order valence-corrected chi connectivity index (χ1v) is 6.14. The maximum atomic E-state index is 11.3. The van der Waals surface area contributed by atoms with Gasteiger partial charge in [-0.25, -0.2) is 4.79 Å². The van der Waals surface area contributed by atoms with Crippen LogP contribution >= 0.6 is 34.8 Å². The first kappa shape index (κ1) is 15.2. The Morgan fingerprint density at radius 1 is 1.33 bits per heavy atom. The van der Waals surface area contributed by atoms with E-state index in [2.05, 4.69) is 6.58 Å². The highest BCUT2D eigenvalue weighted by Gasteiger charge is 2.40. The van der Waals surface area contributed by atoms with Crippen LogP contribution in [0.4, 0.5) is 0 Å². The summed E-state index contributed by atoms with van der Waals surface area (Å²) in [5, 5.41) is 0. The maximum absolute atomic E-state index is 11.3. The number of carbonyl (C=O) groups is 1. The highest BCUT2D eigenvalue weighted by Crippen LogP contribution is 2.33. The molecule has 0 aliphatic carbocycles. The summed E-state index contributed by atoms with van der Waals surface area (Å²) in [5.41, 5.74) is -1.10. The number of halogens is 3. The lowest BCUT2D eigenvalue weighted by Gasteiger charge is -2.25. The van der Waals surface area contributed by atoms with Crippen LogP contribution in [0.25, 0.3) is 0 Å². The van der Waals surface area contributed by atoms with E-state index < -0.39 is 16.1 Å². The van der Waals surface area contributed by atoms with Crippen LogP contribution in [-0.4, -0.2) is 16.1 Å². The number of esters is 1. The van der Waals surface area contributed by atoms with Gasteiger partial charge in [0.05, 0.1) is 0 Å². The lowest BCUT2D eigenvalue weighted by atomic mass is 10.3. The largest absolute Gasteiger partial charge is 0.468 e. The van der Waals surface area contributed by atoms with Crippen molar-refractivity contribution in [3.63, 3.8) is 0 Å². The summed E-state index contributed by atoms with van der Waals surface area (Å²) in [6.07, 6.45) is 0. The van der Waals surface area contributed by atoms with Gasteiger partial charge in [-0.2, -0.15) is 0 Å². The molecule has 0 aliphatic rings. The minimum atomic E-state index is -2.01. The normalized spacial score (nSPS) is 12.7. The molecule has 6 heteroatoms. The number of hydrogen-bond acceptors (Lipinski definition) is 3. The molecule has 0 fully saturated rings. The average molecular weight is 310 g/mol. The zero-order valence-electron chi connectivity index (χ0n) is 9.53. The van der Waals surface area contributed by atoms with Gasteiger partial charge in [-0.05, 0) is 19.1 Å². The van der Waals surface area contributed by atoms with Crippen molar-refractivity contribution in [3.05, 3.63) is 42.5 Å². The molecule has 0 aromatic heterocycles. The van der Waals surface area contributed by atoms with Crippen LogP contribution in [0, 0.1) is 0 Å². The number of ether oxygens (including phenoxy) is 2. The SMILES string of the molecule is C=C(C)C(=O)OC(Cl)(Cl)C(Cl)Oc1ccccc1. The molecular formula is C12H11Cl3O3. The van der Waals surface area contributed by atoms with Gasteiger partial charge in [-0.15, -0.1) is 0 Å². The summed E-state index contributed by atoms with van der Waals surface area (Å²) in [6, 6.07) is 8.65. The Morgan fingerprint density at radius 2 is 1.89 bits per heavy atom. The highest BCUT2D eigenvalue weighted by atomic mass is 35.5. The lowest BCUT2D eigenvalue weighted by molar-refractivity contribution is -0.144. The lowest BCUT2D eigenvalue weighted by Crippen LogP contribution is -2.36. The molecule has 0 aliphatic heterocycles. The van der Waals surface area contributed by atoms with Gasteiger partial charge in [0, 0.05) is 5.57 Å². The van der Waals surface area contributed by atoms with Crippen molar-refractivity contribution in [2.75, 3.05) is 0 Å². The third-order valence-electron chi connectivity index (χ3n) is 1.82. The minimum absolute atomic E-state index is 0.157. The standard InChI is InChI=1S/C12H11Cl3O3/c1-8(2)10(16)18-12(14,15)11(13)17-9-6-4-3-5-7-9/h3-7,11H,1H2,2H3. The summed E-state index contributed by atoms with van der Waals surface area (Å²) < 4.78 is 8.02. The van der Waals surface area contributed by atoms with Crippen molar-refractivity contribution in [1.82, 2.24) is 0 Å². The predicted octanol–water partition coefficient (Wildman–Crippen LogP) is 3.88. The van der Waals surface area contributed by atoms with Crippen molar-refractivity contribution < 1.29 is 14.3 Å². The third-order valence-corrected chi connectivity index (χ3v) is 2.99. The summed E-state index contributed by atoms with van der Waals surface area (Å²) in [6.45, 7) is 4.87. The molecule has 1 aromatic carbocycles. The van der Waals surface area contributed by atoms with Gasteiger partial charge in [0.25, 0.3) is 0 Å². The van der Waals surface area contributed by atoms with Gasteiger partial charge >= 0.3 is 10.5 Å². The highest BCUT2D eigenvalue weighted by molar-refractivity contribution is 6.51. The molecule has 0 saturated heterocycles. The molecule has 1 atom stereocenters. The van der Waals surface area contributed by atoms with Crippen molar-refractivity contribution in [3.8, 4) is 5.75 Å². The molecule has 1 unspecified atom stereocenters. The second-order valence-electron chi connectivity index (χ2n) is 3.48. The van der Waals surface area contributed by atoms with Crippen molar-refractivity contribution in [2.45, 2.75) is 17.0 Å². The molecule has 1 rings (SSSR count). The van der Waals surface area contributed by atoms with Crippen LogP contribution in [-0.2, 0) is 9.53 Å². The minimum Gasteiger partial charge on any atom is -0.468 e. The first-order chi connectivity index (χ1) is 8.33. The van der Waals surface area contributed by atoms with Crippen molar-refractivity contribution in [1.29, 1.82) is 0 Å². The topological polar surface area (TPSA) is 35.5 Å². The van der Waals surface area contributed by atoms with Gasteiger partial charge in [0.15, 0.2) is 0 Å². The average Bonchev–Trinajstić information content (AvgIpc) is 2.29. The molecule has 0 heterocycles. The molecule has 3 nitrogen and oxygen atoms in total. The van der Waals surface area contributed by atoms with Crippen molar-refractivity contribution >= 4 is 40.8 Å². The van der Waals surface area contributed by atoms with Gasteiger partial charge in [-0.3, -0.25) is 0 Å². The van der Waals surface area contributed by atoms with Gasteiger partial charge in [0.2, 0.25) is 5.56 Å². The molecule has 18 heavy (non-hydrogen) atoms. The van der Waals surface area contributed by atoms with Gasteiger partial charge < -0.3 is 9.47 Å². The van der Waals surface area contributed by atoms with Crippen LogP contribution in [0.5, 0.6) is 5.75 Å². The Labute approximate surface area is 120 Å². The number of alkyl halides is 3. The number of para-hydroxylation sites is 1. The Balaban J connectivity index is 2.67. The van der Waals surface area contributed by atoms with Gasteiger partial charge in [-0.1, -0.05) is 59.6 Å². The van der Waals surface area contributed by atoms with E-state index in [1.807, 2.05) is 6.07 Å². The molecule has 1 aromatic rings. The van der Waals surface area contributed by atoms with E-state index in [0.29, 0.717) is 5.75 Å². The number of carbonyl (C=O) groups excluding carboxylic acids is 1. The number of rotatable bonds is 5. The third kappa shape index (κ3) is 4.41. The smallest absolute Gasteiger partial charge is 0.335 e. The molecule has 98 valence electrons. The second-order valence-corrected chi connectivity index (χ2v) is 5.19. The van der Waals surface area contributed by atoms with Crippen LogP contribution in [0.2, 0.25) is 0 Å². The fraction of sp³-hybridized carbons (Fsp3) is 0.250. The molecular weight excluding hydrogens is 298 g/mol. The number of hydrogen-bond donors (Lipinski definition) is 0. The van der Waals surface area contributed by atoms with E-state index in [0.717, 1.165) is 0 Å². The van der Waals surface area contributed by atoms with E-state index in [1.54, 1.807) is 24.3 Å². The quantitative estimate of drug-likeness (QED) is 0.470. The van der Waals surface area contributed by atoms with Crippen LogP contribution in [0.1, 0.15) is 6.92 Å². The first-order valence-electron chi connectivity index (χ1n) is 4.95. The molecule has 0 amide bonds. The van der Waals surface area contributed by atoms with Gasteiger partial charge in [0.1, 0.15) is 5.75 Å². The Morgan fingerprint density at radius 3 is 2.39 bits per heavy atom. The summed E-state index contributed by atoms with van der Waals surface area (Å²) >= 11 is 17.5. The predicted molar refractivity (Wildman–Crippen MR) is 72.1 cm³/mol. The van der Waals surface area contributed by atoms with E-state index in [1.165, 1.54) is 6.92 Å². The Bertz CT molecular complexity index is 431. The fourth-order valence-corrected chi connectivity index (χ4v) is 1.32. The Hall–Kier alpha value is -0.900. The summed E-state index contributed by atoms with van der Waals surface area (Å²) in [4.78, 5) is 11.3. The van der Waals surface area contributed by atoms with Crippen molar-refractivity contribution in [2.24, 2.45) is 0 Å². The maximum Gasteiger partial charge on any atom is 0.335 e. The van der Waals surface area contributed by atoms with Crippen LogP contribution in [0.15, 0.2) is 42.5 Å². The van der Waals surface area contributed by atoms with E-state index >= 15 is 0 Å². The molecule has 0 spiro atoms. The van der Waals surface area contributed by atoms with E-state index in [-0.39, 0.29) is 5.57 Å². The summed E-state index contributed by atoms with van der Waals surface area (Å²) in [5.74, 6) is -0.295. The molecule has 0 N–H and O–H groups in total. The fourth-order valence-electron chi connectivity index (χ4n) is 0.944. The molecule has 0 saturated carbocycles. The van der Waals surface area contributed by atoms with E-state index in [4.69, 9.17) is 44.3 Å². The molecule has 0 radical (unpaired) electrons.